The largest absolute Gasteiger partial charge is 0.489 e. The van der Waals surface area contributed by atoms with Crippen LogP contribution in [0.4, 0.5) is 5.69 Å². The number of nitrogens with zero attached hydrogens (tertiary/aromatic N) is 1. The molecule has 3 rings (SSSR count). The summed E-state index contributed by atoms with van der Waals surface area (Å²) < 4.78 is 11.0. The first-order valence-electron chi connectivity index (χ1n) is 7.91. The Bertz CT molecular complexity index is 1010. The van der Waals surface area contributed by atoms with E-state index in [-0.39, 0.29) is 12.3 Å². The van der Waals surface area contributed by atoms with Gasteiger partial charge in [-0.15, -0.1) is 0 Å². The maximum atomic E-state index is 11.8. The fraction of sp³-hybridized carbons (Fsp3) is 0.211. The Morgan fingerprint density at radius 1 is 1.16 bits per heavy atom. The summed E-state index contributed by atoms with van der Waals surface area (Å²) in [6.07, 6.45) is 0.850. The molecule has 0 bridgehead atoms. The predicted octanol–water partition coefficient (Wildman–Crippen LogP) is 4.15. The highest BCUT2D eigenvalue weighted by Crippen LogP contribution is 2.25. The van der Waals surface area contributed by atoms with Crippen molar-refractivity contribution in [3.05, 3.63) is 79.7 Å². The molecule has 6 heteroatoms. The van der Waals surface area contributed by atoms with Crippen LogP contribution in [0, 0.1) is 17.0 Å². The van der Waals surface area contributed by atoms with Gasteiger partial charge in [-0.2, -0.15) is 0 Å². The van der Waals surface area contributed by atoms with Crippen LogP contribution in [-0.2, 0) is 13.0 Å². The minimum absolute atomic E-state index is 0.0465. The number of rotatable bonds is 5. The molecule has 2 aromatic carbocycles. The van der Waals surface area contributed by atoms with Crippen molar-refractivity contribution in [1.82, 2.24) is 0 Å². The molecular formula is C19H17NO5. The quantitative estimate of drug-likeness (QED) is 0.396. The van der Waals surface area contributed by atoms with Gasteiger partial charge in [0.15, 0.2) is 0 Å². The van der Waals surface area contributed by atoms with Gasteiger partial charge in [-0.3, -0.25) is 10.1 Å². The minimum atomic E-state index is -0.431. The first-order chi connectivity index (χ1) is 12.0. The van der Waals surface area contributed by atoms with E-state index in [1.54, 1.807) is 19.1 Å². The standard InChI is InChI=1S/C19H17NO5/c1-3-13-4-6-16-14(10-19(21)25-18(16)9-13)11-24-15-5-7-17(20(22)23)12(2)8-15/h4-10H,3,11H2,1-2H3. The zero-order valence-corrected chi connectivity index (χ0v) is 13.9. The second-order valence-corrected chi connectivity index (χ2v) is 5.77. The van der Waals surface area contributed by atoms with E-state index in [4.69, 9.17) is 9.15 Å². The van der Waals surface area contributed by atoms with E-state index in [9.17, 15) is 14.9 Å². The van der Waals surface area contributed by atoms with Crippen LogP contribution in [-0.4, -0.2) is 4.92 Å². The predicted molar refractivity (Wildman–Crippen MR) is 94.0 cm³/mol. The Balaban J connectivity index is 1.89. The molecule has 128 valence electrons. The summed E-state index contributed by atoms with van der Waals surface area (Å²) in [7, 11) is 0. The molecule has 0 aliphatic carbocycles. The number of nitro benzene ring substituents is 1. The smallest absolute Gasteiger partial charge is 0.336 e. The zero-order chi connectivity index (χ0) is 18.0. The molecule has 0 saturated carbocycles. The van der Waals surface area contributed by atoms with Gasteiger partial charge in [-0.05, 0) is 37.1 Å². The van der Waals surface area contributed by atoms with Crippen molar-refractivity contribution in [3.8, 4) is 5.75 Å². The Morgan fingerprint density at radius 2 is 1.96 bits per heavy atom. The fourth-order valence-electron chi connectivity index (χ4n) is 2.70. The summed E-state index contributed by atoms with van der Waals surface area (Å²) in [5, 5.41) is 11.7. The maximum Gasteiger partial charge on any atom is 0.336 e. The lowest BCUT2D eigenvalue weighted by Crippen LogP contribution is -2.04. The maximum absolute atomic E-state index is 11.8. The number of aryl methyl sites for hydroxylation is 2. The van der Waals surface area contributed by atoms with Crippen LogP contribution in [0.1, 0.15) is 23.6 Å². The van der Waals surface area contributed by atoms with E-state index in [0.29, 0.717) is 22.5 Å². The molecule has 0 aliphatic heterocycles. The second-order valence-electron chi connectivity index (χ2n) is 5.77. The van der Waals surface area contributed by atoms with Crippen LogP contribution in [0.2, 0.25) is 0 Å². The molecular weight excluding hydrogens is 322 g/mol. The number of hydrogen-bond acceptors (Lipinski definition) is 5. The van der Waals surface area contributed by atoms with Crippen molar-refractivity contribution in [2.45, 2.75) is 26.9 Å². The van der Waals surface area contributed by atoms with Crippen molar-refractivity contribution in [2.24, 2.45) is 0 Å². The van der Waals surface area contributed by atoms with Gasteiger partial charge in [0.05, 0.1) is 4.92 Å². The zero-order valence-electron chi connectivity index (χ0n) is 13.9. The minimum Gasteiger partial charge on any atom is -0.489 e. The van der Waals surface area contributed by atoms with E-state index >= 15 is 0 Å². The molecule has 0 saturated heterocycles. The molecule has 3 aromatic rings. The average molecular weight is 339 g/mol. The number of nitro groups is 1. The van der Waals surface area contributed by atoms with Gasteiger partial charge in [0.2, 0.25) is 0 Å². The summed E-state index contributed by atoms with van der Waals surface area (Å²) in [6, 6.07) is 11.7. The lowest BCUT2D eigenvalue weighted by atomic mass is 10.1. The lowest BCUT2D eigenvalue weighted by Gasteiger charge is -2.09. The Hall–Kier alpha value is -3.15. The van der Waals surface area contributed by atoms with Crippen molar-refractivity contribution in [2.75, 3.05) is 0 Å². The molecule has 6 nitrogen and oxygen atoms in total. The van der Waals surface area contributed by atoms with E-state index in [0.717, 1.165) is 17.4 Å². The van der Waals surface area contributed by atoms with Gasteiger partial charge in [0, 0.05) is 28.6 Å². The highest BCUT2D eigenvalue weighted by Gasteiger charge is 2.12. The number of hydrogen-bond donors (Lipinski definition) is 0. The van der Waals surface area contributed by atoms with Crippen LogP contribution >= 0.6 is 0 Å². The van der Waals surface area contributed by atoms with E-state index in [2.05, 4.69) is 0 Å². The summed E-state index contributed by atoms with van der Waals surface area (Å²) in [5.74, 6) is 0.509. The average Bonchev–Trinajstić information content (AvgIpc) is 2.58. The highest BCUT2D eigenvalue weighted by molar-refractivity contribution is 5.80. The monoisotopic (exact) mass is 339 g/mol. The van der Waals surface area contributed by atoms with E-state index in [1.807, 2.05) is 25.1 Å². The second kappa shape index (κ2) is 6.76. The van der Waals surface area contributed by atoms with Crippen molar-refractivity contribution >= 4 is 16.7 Å². The lowest BCUT2D eigenvalue weighted by molar-refractivity contribution is -0.385. The van der Waals surface area contributed by atoms with Crippen LogP contribution in [0.3, 0.4) is 0 Å². The first kappa shape index (κ1) is 16.7. The van der Waals surface area contributed by atoms with Gasteiger partial charge in [0.25, 0.3) is 5.69 Å². The third-order valence-corrected chi connectivity index (χ3v) is 4.06. The van der Waals surface area contributed by atoms with E-state index in [1.165, 1.54) is 12.1 Å². The molecule has 1 aromatic heterocycles. The third kappa shape index (κ3) is 3.52. The molecule has 0 spiro atoms. The summed E-state index contributed by atoms with van der Waals surface area (Å²) in [4.78, 5) is 22.2. The van der Waals surface area contributed by atoms with Gasteiger partial charge < -0.3 is 9.15 Å². The SMILES string of the molecule is CCc1ccc2c(COc3ccc([N+](=O)[O-])c(C)c3)cc(=O)oc2c1. The molecule has 0 fully saturated rings. The molecule has 0 aliphatic rings. The van der Waals surface area contributed by atoms with Gasteiger partial charge in [-0.25, -0.2) is 4.79 Å². The van der Waals surface area contributed by atoms with Crippen LogP contribution in [0.25, 0.3) is 11.0 Å². The summed E-state index contributed by atoms with van der Waals surface area (Å²) in [5.41, 5.74) is 2.46. The highest BCUT2D eigenvalue weighted by atomic mass is 16.6. The third-order valence-electron chi connectivity index (χ3n) is 4.06. The van der Waals surface area contributed by atoms with Gasteiger partial charge in [0.1, 0.15) is 17.9 Å². The summed E-state index contributed by atoms with van der Waals surface area (Å²) in [6.45, 7) is 3.86. The Kier molecular flexibility index (Phi) is 4.52. The molecule has 0 radical (unpaired) electrons. The van der Waals surface area contributed by atoms with Crippen molar-refractivity contribution < 1.29 is 14.1 Å². The van der Waals surface area contributed by atoms with E-state index < -0.39 is 10.5 Å². The van der Waals surface area contributed by atoms with Crippen LogP contribution < -0.4 is 10.4 Å². The molecule has 0 unspecified atom stereocenters. The number of ether oxygens (including phenoxy) is 1. The van der Waals surface area contributed by atoms with Gasteiger partial charge in [-0.1, -0.05) is 19.1 Å². The Morgan fingerprint density at radius 3 is 2.64 bits per heavy atom. The molecule has 0 amide bonds. The molecule has 0 atom stereocenters. The van der Waals surface area contributed by atoms with Gasteiger partial charge >= 0.3 is 5.63 Å². The Labute approximate surface area is 143 Å². The molecule has 25 heavy (non-hydrogen) atoms. The van der Waals surface area contributed by atoms with Crippen molar-refractivity contribution in [1.29, 1.82) is 0 Å². The van der Waals surface area contributed by atoms with Crippen molar-refractivity contribution in [3.63, 3.8) is 0 Å². The van der Waals surface area contributed by atoms with Crippen LogP contribution in [0.15, 0.2) is 51.7 Å². The fourth-order valence-corrected chi connectivity index (χ4v) is 2.70. The number of benzene rings is 2. The molecule has 1 heterocycles. The molecule has 0 N–H and O–H groups in total. The normalized spacial score (nSPS) is 10.8. The van der Waals surface area contributed by atoms with Crippen LogP contribution in [0.5, 0.6) is 5.75 Å². The topological polar surface area (TPSA) is 82.6 Å². The first-order valence-corrected chi connectivity index (χ1v) is 7.91. The summed E-state index contributed by atoms with van der Waals surface area (Å²) >= 11 is 0. The number of fused-ring (bicyclic) bond motifs is 1.